The summed E-state index contributed by atoms with van der Waals surface area (Å²) in [7, 11) is 1.63. The van der Waals surface area contributed by atoms with Crippen molar-refractivity contribution in [1.29, 1.82) is 5.26 Å². The van der Waals surface area contributed by atoms with Gasteiger partial charge in [-0.1, -0.05) is 29.4 Å². The first-order valence-electron chi connectivity index (χ1n) is 6.04. The van der Waals surface area contributed by atoms with Crippen LogP contribution in [0.15, 0.2) is 29.4 Å². The van der Waals surface area contributed by atoms with Crippen molar-refractivity contribution in [1.82, 2.24) is 5.32 Å². The molecule has 0 heterocycles. The standard InChI is InChI=1S/C13H17N5O/c1-19-10-11-5-2-3-6-12(11)13(9-14)16-7-4-8-17-18-15/h2-3,5-6,13,16H,4,7-8,10H2,1H3. The lowest BCUT2D eigenvalue weighted by Gasteiger charge is -2.15. The molecule has 0 aliphatic heterocycles. The molecule has 0 fully saturated rings. The molecule has 6 heteroatoms. The van der Waals surface area contributed by atoms with Crippen LogP contribution in [0, 0.1) is 11.3 Å². The van der Waals surface area contributed by atoms with Gasteiger partial charge < -0.3 is 4.74 Å². The van der Waals surface area contributed by atoms with E-state index < -0.39 is 0 Å². The van der Waals surface area contributed by atoms with Crippen molar-refractivity contribution in [3.63, 3.8) is 0 Å². The van der Waals surface area contributed by atoms with Gasteiger partial charge >= 0.3 is 0 Å². The maximum absolute atomic E-state index is 9.24. The summed E-state index contributed by atoms with van der Waals surface area (Å²) in [5.74, 6) is 0. The summed E-state index contributed by atoms with van der Waals surface area (Å²) >= 11 is 0. The van der Waals surface area contributed by atoms with Gasteiger partial charge in [-0.3, -0.25) is 5.32 Å². The van der Waals surface area contributed by atoms with Crippen LogP contribution in [0.5, 0.6) is 0 Å². The Kier molecular flexibility index (Phi) is 7.06. The topological polar surface area (TPSA) is 93.8 Å². The minimum Gasteiger partial charge on any atom is -0.380 e. The van der Waals surface area contributed by atoms with Gasteiger partial charge in [-0.05, 0) is 29.6 Å². The number of methoxy groups -OCH3 is 1. The first-order chi connectivity index (χ1) is 9.33. The van der Waals surface area contributed by atoms with E-state index in [0.29, 0.717) is 26.1 Å². The van der Waals surface area contributed by atoms with Gasteiger partial charge in [0.15, 0.2) is 0 Å². The van der Waals surface area contributed by atoms with Crippen LogP contribution in [0.25, 0.3) is 10.4 Å². The molecule has 100 valence electrons. The highest BCUT2D eigenvalue weighted by molar-refractivity contribution is 5.32. The number of nitrogens with one attached hydrogen (secondary N) is 1. The normalized spacial score (nSPS) is 11.4. The molecule has 1 aromatic rings. The number of ether oxygens (including phenoxy) is 1. The van der Waals surface area contributed by atoms with Gasteiger partial charge in [0.1, 0.15) is 6.04 Å². The summed E-state index contributed by atoms with van der Waals surface area (Å²) in [6.07, 6.45) is 0.703. The van der Waals surface area contributed by atoms with Crippen molar-refractivity contribution in [3.8, 4) is 6.07 Å². The van der Waals surface area contributed by atoms with Crippen molar-refractivity contribution in [3.05, 3.63) is 45.8 Å². The number of hydrogen-bond donors (Lipinski definition) is 1. The average molecular weight is 259 g/mol. The van der Waals surface area contributed by atoms with Crippen molar-refractivity contribution in [2.75, 3.05) is 20.2 Å². The van der Waals surface area contributed by atoms with Crippen molar-refractivity contribution >= 4 is 0 Å². The molecule has 0 aliphatic rings. The molecule has 19 heavy (non-hydrogen) atoms. The predicted octanol–water partition coefficient (Wildman–Crippen LogP) is 2.69. The molecule has 0 aliphatic carbocycles. The zero-order chi connectivity index (χ0) is 13.9. The van der Waals surface area contributed by atoms with E-state index in [4.69, 9.17) is 10.3 Å². The van der Waals surface area contributed by atoms with Crippen molar-refractivity contribution in [2.45, 2.75) is 19.1 Å². The Labute approximate surface area is 112 Å². The minimum absolute atomic E-state index is 0.377. The Morgan fingerprint density at radius 2 is 2.32 bits per heavy atom. The highest BCUT2D eigenvalue weighted by atomic mass is 16.5. The monoisotopic (exact) mass is 259 g/mol. The molecule has 6 nitrogen and oxygen atoms in total. The fourth-order valence-electron chi connectivity index (χ4n) is 1.77. The van der Waals surface area contributed by atoms with E-state index in [2.05, 4.69) is 21.4 Å². The summed E-state index contributed by atoms with van der Waals surface area (Å²) in [6, 6.07) is 9.56. The van der Waals surface area contributed by atoms with Gasteiger partial charge in [-0.25, -0.2) is 0 Å². The largest absolute Gasteiger partial charge is 0.380 e. The third-order valence-electron chi connectivity index (χ3n) is 2.64. The Balaban J connectivity index is 2.64. The maximum Gasteiger partial charge on any atom is 0.121 e. The van der Waals surface area contributed by atoms with Crippen LogP contribution >= 0.6 is 0 Å². The Hall–Kier alpha value is -2.06. The second kappa shape index (κ2) is 8.95. The molecule has 0 bridgehead atoms. The summed E-state index contributed by atoms with van der Waals surface area (Å²) in [4.78, 5) is 2.68. The van der Waals surface area contributed by atoms with Crippen LogP contribution < -0.4 is 5.32 Å². The van der Waals surface area contributed by atoms with Crippen molar-refractivity contribution in [2.24, 2.45) is 5.11 Å². The third kappa shape index (κ3) is 4.98. The Morgan fingerprint density at radius 1 is 1.53 bits per heavy atom. The van der Waals surface area contributed by atoms with Gasteiger partial charge in [0, 0.05) is 18.6 Å². The SMILES string of the molecule is COCc1ccccc1C(C#N)NCCCN=[N+]=[N-]. The highest BCUT2D eigenvalue weighted by Gasteiger charge is 2.13. The van der Waals surface area contributed by atoms with Crippen LogP contribution in [0.1, 0.15) is 23.6 Å². The quantitative estimate of drug-likeness (QED) is 0.336. The summed E-state index contributed by atoms with van der Waals surface area (Å²) in [5.41, 5.74) is 10.1. The van der Waals surface area contributed by atoms with E-state index >= 15 is 0 Å². The molecule has 0 saturated heterocycles. The number of azide groups is 1. The van der Waals surface area contributed by atoms with E-state index in [9.17, 15) is 5.26 Å². The molecular weight excluding hydrogens is 242 g/mol. The zero-order valence-corrected chi connectivity index (χ0v) is 10.9. The van der Waals surface area contributed by atoms with E-state index in [0.717, 1.165) is 11.1 Å². The van der Waals surface area contributed by atoms with Crippen LogP contribution in [-0.2, 0) is 11.3 Å². The molecular formula is C13H17N5O. The van der Waals surface area contributed by atoms with E-state index in [1.165, 1.54) is 0 Å². The lowest BCUT2D eigenvalue weighted by molar-refractivity contribution is 0.184. The summed E-state index contributed by atoms with van der Waals surface area (Å²) in [6.45, 7) is 1.54. The van der Waals surface area contributed by atoms with Gasteiger partial charge in [0.25, 0.3) is 0 Å². The average Bonchev–Trinajstić information content (AvgIpc) is 2.44. The van der Waals surface area contributed by atoms with Crippen LogP contribution in [-0.4, -0.2) is 20.2 Å². The first-order valence-corrected chi connectivity index (χ1v) is 6.04. The lowest BCUT2D eigenvalue weighted by Crippen LogP contribution is -2.22. The predicted molar refractivity (Wildman–Crippen MR) is 72.1 cm³/mol. The second-order valence-corrected chi connectivity index (χ2v) is 3.96. The van der Waals surface area contributed by atoms with Crippen LogP contribution in [0.2, 0.25) is 0 Å². The molecule has 0 aromatic heterocycles. The van der Waals surface area contributed by atoms with E-state index in [1.54, 1.807) is 7.11 Å². The molecule has 1 aromatic carbocycles. The lowest BCUT2D eigenvalue weighted by atomic mass is 10.0. The maximum atomic E-state index is 9.24. The fraction of sp³-hybridized carbons (Fsp3) is 0.462. The molecule has 1 atom stereocenters. The van der Waals surface area contributed by atoms with Gasteiger partial charge in [-0.15, -0.1) is 0 Å². The van der Waals surface area contributed by atoms with Gasteiger partial charge in [-0.2, -0.15) is 5.26 Å². The van der Waals surface area contributed by atoms with E-state index in [-0.39, 0.29) is 6.04 Å². The Bertz CT molecular complexity index is 476. The fourth-order valence-corrected chi connectivity index (χ4v) is 1.77. The van der Waals surface area contributed by atoms with Gasteiger partial charge in [0.2, 0.25) is 0 Å². The van der Waals surface area contributed by atoms with E-state index in [1.807, 2.05) is 24.3 Å². The van der Waals surface area contributed by atoms with Gasteiger partial charge in [0.05, 0.1) is 12.7 Å². The van der Waals surface area contributed by atoms with Crippen LogP contribution in [0.3, 0.4) is 0 Å². The molecule has 0 amide bonds. The Morgan fingerprint density at radius 3 is 3.00 bits per heavy atom. The summed E-state index contributed by atoms with van der Waals surface area (Å²) < 4.78 is 5.13. The molecule has 1 rings (SSSR count). The third-order valence-corrected chi connectivity index (χ3v) is 2.64. The molecule has 1 N–H and O–H groups in total. The highest BCUT2D eigenvalue weighted by Crippen LogP contribution is 2.18. The number of nitrogens with zero attached hydrogens (tertiary/aromatic N) is 4. The number of benzene rings is 1. The van der Waals surface area contributed by atoms with Crippen LogP contribution in [0.4, 0.5) is 0 Å². The number of rotatable bonds is 8. The van der Waals surface area contributed by atoms with Crippen molar-refractivity contribution < 1.29 is 4.74 Å². The zero-order valence-electron chi connectivity index (χ0n) is 10.9. The second-order valence-electron chi connectivity index (χ2n) is 3.96. The molecule has 0 saturated carbocycles. The molecule has 0 radical (unpaired) electrons. The number of nitriles is 1. The first kappa shape index (κ1) is 15.0. The minimum atomic E-state index is -0.377. The molecule has 0 spiro atoms. The number of hydrogen-bond acceptors (Lipinski definition) is 4. The smallest absolute Gasteiger partial charge is 0.121 e. The molecule has 1 unspecified atom stereocenters. The summed E-state index contributed by atoms with van der Waals surface area (Å²) in [5, 5.41) is 15.8.